The van der Waals surface area contributed by atoms with E-state index in [0.717, 1.165) is 22.8 Å². The second-order valence-corrected chi connectivity index (χ2v) is 8.43. The standard InChI is InChI=1S/C25H20N10.Pt/c1-25(2,21-5-3-19(32-11-7-26-15-32)23(30-21)34-13-9-28-17-34)22-6-4-20(33-12-8-27-16-33)24(31-22)35-14-10-29-18-35;/h3-12,15-18H,1-2H3;/q-2;+2. The Labute approximate surface area is 221 Å². The third-order valence-electron chi connectivity index (χ3n) is 5.92. The van der Waals surface area contributed by atoms with Crippen molar-refractivity contribution >= 4 is 0 Å². The van der Waals surface area contributed by atoms with Crippen molar-refractivity contribution < 1.29 is 21.1 Å². The van der Waals surface area contributed by atoms with E-state index in [1.165, 1.54) is 0 Å². The van der Waals surface area contributed by atoms with Crippen LogP contribution in [0.1, 0.15) is 25.2 Å². The van der Waals surface area contributed by atoms with Crippen molar-refractivity contribution in [2.24, 2.45) is 0 Å². The van der Waals surface area contributed by atoms with Gasteiger partial charge in [0.25, 0.3) is 0 Å². The number of hydrogen-bond donors (Lipinski definition) is 0. The molecule has 6 rings (SSSR count). The maximum atomic E-state index is 5.04. The summed E-state index contributed by atoms with van der Waals surface area (Å²) < 4.78 is 7.38. The molecule has 0 bridgehead atoms. The molecule has 6 heterocycles. The van der Waals surface area contributed by atoms with Gasteiger partial charge in [-0.2, -0.15) is 0 Å². The van der Waals surface area contributed by atoms with Gasteiger partial charge >= 0.3 is 21.1 Å². The molecule has 0 atom stereocenters. The van der Waals surface area contributed by atoms with Crippen molar-refractivity contribution in [3.05, 3.63) is 111 Å². The molecule has 180 valence electrons. The predicted octanol–water partition coefficient (Wildman–Crippen LogP) is 3.14. The topological polar surface area (TPSA) is 97.1 Å². The number of imidazole rings is 4. The van der Waals surface area contributed by atoms with Gasteiger partial charge in [0.2, 0.25) is 0 Å². The fourth-order valence-corrected chi connectivity index (χ4v) is 3.96. The molecular weight excluding hydrogens is 635 g/mol. The van der Waals surface area contributed by atoms with Crippen LogP contribution in [0, 0.1) is 12.4 Å². The Morgan fingerprint density at radius 2 is 1.11 bits per heavy atom. The second kappa shape index (κ2) is 9.47. The minimum atomic E-state index is -0.522. The van der Waals surface area contributed by atoms with Gasteiger partial charge in [-0.1, -0.05) is 12.4 Å². The van der Waals surface area contributed by atoms with E-state index in [1.807, 2.05) is 45.8 Å². The molecule has 6 aromatic heterocycles. The molecule has 0 amide bonds. The van der Waals surface area contributed by atoms with E-state index >= 15 is 0 Å². The van der Waals surface area contributed by atoms with Crippen LogP contribution in [0.4, 0.5) is 0 Å². The summed E-state index contributed by atoms with van der Waals surface area (Å²) in [5.41, 5.74) is 2.91. The Morgan fingerprint density at radius 1 is 0.639 bits per heavy atom. The molecular formula is C25H20N10Pt. The Bertz CT molecular complexity index is 1430. The normalized spacial score (nSPS) is 11.4. The summed E-state index contributed by atoms with van der Waals surface area (Å²) in [5, 5.41) is 0. The van der Waals surface area contributed by atoms with Crippen LogP contribution in [0.15, 0.2) is 86.8 Å². The van der Waals surface area contributed by atoms with E-state index in [1.54, 1.807) is 59.2 Å². The average Bonchev–Trinajstić information content (AvgIpc) is 3.71. The first kappa shape index (κ1) is 23.6. The van der Waals surface area contributed by atoms with Gasteiger partial charge < -0.3 is 28.2 Å². The van der Waals surface area contributed by atoms with Crippen molar-refractivity contribution in [3.8, 4) is 23.0 Å². The molecule has 6 aromatic rings. The van der Waals surface area contributed by atoms with Crippen molar-refractivity contribution in [1.82, 2.24) is 48.2 Å². The first-order valence-electron chi connectivity index (χ1n) is 10.9. The van der Waals surface area contributed by atoms with Crippen molar-refractivity contribution in [2.75, 3.05) is 0 Å². The summed E-state index contributed by atoms with van der Waals surface area (Å²) in [6, 6.07) is 8.09. The maximum Gasteiger partial charge on any atom is 2.00 e. The van der Waals surface area contributed by atoms with E-state index in [2.05, 4.69) is 46.2 Å². The number of pyridine rings is 2. The second-order valence-electron chi connectivity index (χ2n) is 8.43. The SMILES string of the molecule is CC(C)(c1ccc(-n2ccnc2)c(-n2[c-]cnc2)n1)c1ccc(-n2ccnc2)c(-n2[c-]cnc2)n1.[Pt+2]. The minimum Gasteiger partial charge on any atom is -0.451 e. The van der Waals surface area contributed by atoms with E-state index in [0.29, 0.717) is 11.6 Å². The molecule has 0 radical (unpaired) electrons. The van der Waals surface area contributed by atoms with Gasteiger partial charge in [-0.15, -0.1) is 0 Å². The minimum absolute atomic E-state index is 0. The third kappa shape index (κ3) is 4.09. The quantitative estimate of drug-likeness (QED) is 0.256. The zero-order chi connectivity index (χ0) is 23.8. The van der Waals surface area contributed by atoms with E-state index in [-0.39, 0.29) is 21.1 Å². The molecule has 0 unspecified atom stereocenters. The molecule has 11 heteroatoms. The van der Waals surface area contributed by atoms with Gasteiger partial charge in [-0.25, -0.2) is 9.97 Å². The van der Waals surface area contributed by atoms with Gasteiger partial charge in [0.1, 0.15) is 0 Å². The smallest absolute Gasteiger partial charge is 0.451 e. The van der Waals surface area contributed by atoms with E-state index in [4.69, 9.17) is 9.97 Å². The van der Waals surface area contributed by atoms with Crippen LogP contribution < -0.4 is 0 Å². The van der Waals surface area contributed by atoms with Crippen molar-refractivity contribution in [1.29, 1.82) is 0 Å². The first-order chi connectivity index (χ1) is 17.1. The maximum absolute atomic E-state index is 5.04. The Hall–Kier alpha value is -4.17. The van der Waals surface area contributed by atoms with E-state index in [9.17, 15) is 0 Å². The number of nitrogens with zero attached hydrogens (tertiary/aromatic N) is 10. The van der Waals surface area contributed by atoms with Gasteiger partial charge in [-0.05, 0) is 63.2 Å². The summed E-state index contributed by atoms with van der Waals surface area (Å²) in [7, 11) is 0. The summed E-state index contributed by atoms with van der Waals surface area (Å²) in [6.07, 6.45) is 23.5. The monoisotopic (exact) mass is 655 g/mol. The Balaban J connectivity index is 0.00000267. The van der Waals surface area contributed by atoms with Crippen LogP contribution in [-0.2, 0) is 26.5 Å². The average molecular weight is 656 g/mol. The van der Waals surface area contributed by atoms with Crippen LogP contribution in [0.2, 0.25) is 0 Å². The molecule has 0 aliphatic carbocycles. The van der Waals surface area contributed by atoms with Crippen LogP contribution in [0.3, 0.4) is 0 Å². The molecule has 0 saturated carbocycles. The summed E-state index contributed by atoms with van der Waals surface area (Å²) in [5.74, 6) is 1.40. The predicted molar refractivity (Wildman–Crippen MR) is 127 cm³/mol. The van der Waals surface area contributed by atoms with Crippen LogP contribution in [0.5, 0.6) is 0 Å². The molecule has 0 fully saturated rings. The molecule has 0 N–H and O–H groups in total. The molecule has 0 spiro atoms. The zero-order valence-corrected chi connectivity index (χ0v) is 21.6. The molecule has 36 heavy (non-hydrogen) atoms. The molecule has 10 nitrogen and oxygen atoms in total. The number of rotatable bonds is 6. The summed E-state index contributed by atoms with van der Waals surface area (Å²) >= 11 is 0. The van der Waals surface area contributed by atoms with E-state index < -0.39 is 5.41 Å². The fourth-order valence-electron chi connectivity index (χ4n) is 3.96. The van der Waals surface area contributed by atoms with Gasteiger partial charge in [0, 0.05) is 53.0 Å². The van der Waals surface area contributed by atoms with Crippen molar-refractivity contribution in [3.63, 3.8) is 0 Å². The number of aromatic nitrogens is 10. The van der Waals surface area contributed by atoms with Gasteiger partial charge in [0.05, 0.1) is 24.3 Å². The molecule has 0 aromatic carbocycles. The molecule has 0 aliphatic heterocycles. The Morgan fingerprint density at radius 3 is 1.47 bits per heavy atom. The fraction of sp³-hybridized carbons (Fsp3) is 0.120. The summed E-state index contributed by atoms with van der Waals surface area (Å²) in [4.78, 5) is 26.8. The Kier molecular flexibility index (Phi) is 6.20. The number of hydrogen-bond acceptors (Lipinski definition) is 6. The zero-order valence-electron chi connectivity index (χ0n) is 19.4. The first-order valence-corrected chi connectivity index (χ1v) is 10.9. The third-order valence-corrected chi connectivity index (χ3v) is 5.92. The van der Waals surface area contributed by atoms with Crippen molar-refractivity contribution in [2.45, 2.75) is 19.3 Å². The van der Waals surface area contributed by atoms with Crippen LogP contribution >= 0.6 is 0 Å². The van der Waals surface area contributed by atoms with Gasteiger partial charge in [-0.3, -0.25) is 9.97 Å². The largest absolute Gasteiger partial charge is 2.00 e. The molecule has 0 saturated heterocycles. The summed E-state index contributed by atoms with van der Waals surface area (Å²) in [6.45, 7) is 4.21. The van der Waals surface area contributed by atoms with Crippen LogP contribution in [0.25, 0.3) is 23.0 Å². The molecule has 0 aliphatic rings. The van der Waals surface area contributed by atoms with Gasteiger partial charge in [0.15, 0.2) is 0 Å². The van der Waals surface area contributed by atoms with Crippen LogP contribution in [-0.4, -0.2) is 48.2 Å².